The van der Waals surface area contributed by atoms with E-state index in [1.165, 1.54) is 12.1 Å². The van der Waals surface area contributed by atoms with Crippen molar-refractivity contribution in [1.29, 1.82) is 0 Å². The second kappa shape index (κ2) is 6.39. The Balaban J connectivity index is 1.70. The molecule has 1 aliphatic rings. The van der Waals surface area contributed by atoms with E-state index in [1.54, 1.807) is 6.07 Å². The maximum atomic E-state index is 11.8. The summed E-state index contributed by atoms with van der Waals surface area (Å²) in [4.78, 5) is 24.5. The smallest absolute Gasteiger partial charge is 0.342 e. The molecule has 3 amide bonds. The Kier molecular flexibility index (Phi) is 4.14. The fourth-order valence-electron chi connectivity index (χ4n) is 2.22. The highest BCUT2D eigenvalue weighted by Crippen LogP contribution is 2.22. The summed E-state index contributed by atoms with van der Waals surface area (Å²) in [5.41, 5.74) is 4.43. The molecule has 1 fully saturated rings. The zero-order valence-corrected chi connectivity index (χ0v) is 12.7. The topological polar surface area (TPSA) is 61.9 Å². The summed E-state index contributed by atoms with van der Waals surface area (Å²) < 4.78 is 5.76. The molecule has 0 aromatic heterocycles. The lowest BCUT2D eigenvalue weighted by Gasteiger charge is -2.32. The van der Waals surface area contributed by atoms with Crippen LogP contribution < -0.4 is 15.2 Å². The minimum absolute atomic E-state index is 0.0877. The van der Waals surface area contributed by atoms with Crippen LogP contribution in [-0.2, 0) is 11.4 Å². The minimum atomic E-state index is -0.447. The Morgan fingerprint density at radius 2 is 1.87 bits per heavy atom. The lowest BCUT2D eigenvalue weighted by molar-refractivity contribution is -0.126. The van der Waals surface area contributed by atoms with Crippen LogP contribution in [0.1, 0.15) is 5.56 Å². The molecule has 1 saturated heterocycles. The highest BCUT2D eigenvalue weighted by Gasteiger charge is 2.27. The number of imide groups is 1. The molecule has 0 saturated carbocycles. The van der Waals surface area contributed by atoms with Crippen molar-refractivity contribution in [3.8, 4) is 5.75 Å². The van der Waals surface area contributed by atoms with E-state index in [4.69, 9.17) is 4.74 Å². The van der Waals surface area contributed by atoms with Gasteiger partial charge in [0, 0.05) is 13.1 Å². The van der Waals surface area contributed by atoms with Crippen LogP contribution in [0.2, 0.25) is 0 Å². The molecule has 0 unspecified atom stereocenters. The Morgan fingerprint density at radius 1 is 1.09 bits per heavy atom. The van der Waals surface area contributed by atoms with Crippen LogP contribution in [-0.4, -0.2) is 30.4 Å². The van der Waals surface area contributed by atoms with E-state index < -0.39 is 6.03 Å². The zero-order valence-electron chi connectivity index (χ0n) is 12.7. The van der Waals surface area contributed by atoms with Crippen molar-refractivity contribution in [2.75, 3.05) is 18.6 Å². The van der Waals surface area contributed by atoms with Crippen LogP contribution in [0.3, 0.4) is 0 Å². The normalized spacial score (nSPS) is 14.7. The van der Waals surface area contributed by atoms with Gasteiger partial charge in [0.25, 0.3) is 5.91 Å². The zero-order chi connectivity index (χ0) is 16.2. The van der Waals surface area contributed by atoms with E-state index in [0.29, 0.717) is 18.0 Å². The van der Waals surface area contributed by atoms with Gasteiger partial charge in [-0.05, 0) is 17.7 Å². The molecule has 1 heterocycles. The summed E-state index contributed by atoms with van der Waals surface area (Å²) in [5.74, 6) is 0.413. The number of benzene rings is 2. The van der Waals surface area contributed by atoms with Crippen molar-refractivity contribution in [3.63, 3.8) is 0 Å². The number of ether oxygens (including phenoxy) is 1. The monoisotopic (exact) mass is 311 g/mol. The van der Waals surface area contributed by atoms with Crippen LogP contribution in [0.25, 0.3) is 0 Å². The molecule has 0 spiro atoms. The number of hydrogen-bond acceptors (Lipinski definition) is 4. The minimum Gasteiger partial charge on any atom is -0.489 e. The van der Waals surface area contributed by atoms with Crippen molar-refractivity contribution in [1.82, 2.24) is 10.3 Å². The number of carbonyl (C=O) groups is 2. The van der Waals surface area contributed by atoms with Crippen molar-refractivity contribution < 1.29 is 14.3 Å². The standard InChI is InChI=1S/C17H17N3O3/c1-19-16(21)11-20(18-17(19)22)14-8-5-9-15(10-14)23-12-13-6-3-2-4-7-13/h2-10H,11-12H2,1H3,(H,18,22). The van der Waals surface area contributed by atoms with Crippen LogP contribution in [0.4, 0.5) is 10.5 Å². The molecule has 0 atom stereocenters. The maximum absolute atomic E-state index is 11.8. The third-order valence-corrected chi connectivity index (χ3v) is 3.58. The number of anilines is 1. The fourth-order valence-corrected chi connectivity index (χ4v) is 2.22. The van der Waals surface area contributed by atoms with Crippen LogP contribution in [0.5, 0.6) is 5.75 Å². The summed E-state index contributed by atoms with van der Waals surface area (Å²) in [6.45, 7) is 0.544. The number of carbonyl (C=O) groups excluding carboxylic acids is 2. The first-order valence-electron chi connectivity index (χ1n) is 7.25. The molecular weight excluding hydrogens is 294 g/mol. The highest BCUT2D eigenvalue weighted by atomic mass is 16.5. The van der Waals surface area contributed by atoms with E-state index in [9.17, 15) is 9.59 Å². The molecule has 2 aromatic rings. The Hall–Kier alpha value is -3.02. The number of hydrazine groups is 1. The van der Waals surface area contributed by atoms with E-state index in [0.717, 1.165) is 10.5 Å². The molecule has 2 aromatic carbocycles. The molecule has 0 aliphatic carbocycles. The molecule has 23 heavy (non-hydrogen) atoms. The molecule has 3 rings (SSSR count). The fraction of sp³-hybridized carbons (Fsp3) is 0.176. The number of nitrogens with one attached hydrogen (secondary N) is 1. The molecule has 0 radical (unpaired) electrons. The summed E-state index contributed by atoms with van der Waals surface area (Å²) >= 11 is 0. The third-order valence-electron chi connectivity index (χ3n) is 3.58. The molecule has 118 valence electrons. The van der Waals surface area contributed by atoms with E-state index >= 15 is 0 Å². The Bertz CT molecular complexity index is 700. The largest absolute Gasteiger partial charge is 0.489 e. The number of nitrogens with zero attached hydrogens (tertiary/aromatic N) is 2. The quantitative estimate of drug-likeness (QED) is 0.940. The predicted molar refractivity (Wildman–Crippen MR) is 85.9 cm³/mol. The number of rotatable bonds is 4. The average Bonchev–Trinajstić information content (AvgIpc) is 2.58. The molecule has 0 bridgehead atoms. The van der Waals surface area contributed by atoms with Gasteiger partial charge in [-0.1, -0.05) is 36.4 Å². The molecule has 1 N–H and O–H groups in total. The van der Waals surface area contributed by atoms with E-state index in [-0.39, 0.29) is 12.5 Å². The lowest BCUT2D eigenvalue weighted by Crippen LogP contribution is -2.59. The first-order valence-corrected chi connectivity index (χ1v) is 7.25. The summed E-state index contributed by atoms with van der Waals surface area (Å²) in [7, 11) is 1.45. The van der Waals surface area contributed by atoms with Gasteiger partial charge < -0.3 is 4.74 Å². The van der Waals surface area contributed by atoms with Gasteiger partial charge >= 0.3 is 6.03 Å². The molecule has 6 nitrogen and oxygen atoms in total. The first-order chi connectivity index (χ1) is 11.1. The van der Waals surface area contributed by atoms with Gasteiger partial charge in [0.15, 0.2) is 0 Å². The van der Waals surface area contributed by atoms with Gasteiger partial charge in [-0.15, -0.1) is 0 Å². The lowest BCUT2D eigenvalue weighted by atomic mass is 10.2. The maximum Gasteiger partial charge on any atom is 0.342 e. The number of urea groups is 1. The predicted octanol–water partition coefficient (Wildman–Crippen LogP) is 2.17. The van der Waals surface area contributed by atoms with E-state index in [2.05, 4.69) is 5.43 Å². The van der Waals surface area contributed by atoms with Crippen LogP contribution in [0.15, 0.2) is 54.6 Å². The first kappa shape index (κ1) is 14.9. The van der Waals surface area contributed by atoms with E-state index in [1.807, 2.05) is 48.5 Å². The number of hydrogen-bond donors (Lipinski definition) is 1. The molecular formula is C17H17N3O3. The molecule has 1 aliphatic heterocycles. The number of likely N-dealkylation sites (N-methyl/N-ethyl adjacent to an activating group) is 1. The van der Waals surface area contributed by atoms with Gasteiger partial charge in [0.2, 0.25) is 0 Å². The van der Waals surface area contributed by atoms with Crippen LogP contribution in [0, 0.1) is 0 Å². The SMILES string of the molecule is CN1C(=O)CN(c2cccc(OCc3ccccc3)c2)NC1=O. The van der Waals surface area contributed by atoms with Crippen molar-refractivity contribution >= 4 is 17.6 Å². The van der Waals surface area contributed by atoms with Gasteiger partial charge in [0.1, 0.15) is 18.9 Å². The van der Waals surface area contributed by atoms with Gasteiger partial charge in [-0.25, -0.2) is 10.2 Å². The Labute approximate surface area is 134 Å². The summed E-state index contributed by atoms with van der Waals surface area (Å²) in [5, 5.41) is 1.51. The average molecular weight is 311 g/mol. The second-order valence-corrected chi connectivity index (χ2v) is 5.23. The van der Waals surface area contributed by atoms with Crippen molar-refractivity contribution in [2.24, 2.45) is 0 Å². The van der Waals surface area contributed by atoms with Crippen LogP contribution >= 0.6 is 0 Å². The highest BCUT2D eigenvalue weighted by molar-refractivity contribution is 5.99. The Morgan fingerprint density at radius 3 is 2.61 bits per heavy atom. The third kappa shape index (κ3) is 3.42. The molecule has 6 heteroatoms. The number of amides is 3. The van der Waals surface area contributed by atoms with Crippen molar-refractivity contribution in [2.45, 2.75) is 6.61 Å². The van der Waals surface area contributed by atoms with Gasteiger partial charge in [-0.2, -0.15) is 0 Å². The second-order valence-electron chi connectivity index (χ2n) is 5.23. The van der Waals surface area contributed by atoms with Crippen molar-refractivity contribution in [3.05, 3.63) is 60.2 Å². The van der Waals surface area contributed by atoms with Gasteiger partial charge in [-0.3, -0.25) is 14.7 Å². The summed E-state index contributed by atoms with van der Waals surface area (Å²) in [6.07, 6.45) is 0. The van der Waals surface area contributed by atoms with Gasteiger partial charge in [0.05, 0.1) is 5.69 Å². The summed E-state index contributed by atoms with van der Waals surface area (Å²) in [6, 6.07) is 16.7.